The molecule has 0 aliphatic carbocycles. The minimum atomic E-state index is -0.366. The molecule has 2 N–H and O–H groups in total. The monoisotopic (exact) mass is 260 g/mol. The molecule has 4 heteroatoms. The molecule has 19 heavy (non-hydrogen) atoms. The summed E-state index contributed by atoms with van der Waals surface area (Å²) in [6, 6.07) is 8.72. The molecule has 0 atom stereocenters. The van der Waals surface area contributed by atoms with Gasteiger partial charge in [-0.3, -0.25) is 4.98 Å². The highest BCUT2D eigenvalue weighted by Gasteiger charge is 2.03. The number of aromatic nitrogens is 1. The maximum absolute atomic E-state index is 13.2. The Bertz CT molecular complexity index is 558. The number of aryl methyl sites for hydroxylation is 1. The molecule has 1 heterocycles. The Morgan fingerprint density at radius 3 is 2.79 bits per heavy atom. The van der Waals surface area contributed by atoms with Crippen LogP contribution in [0.3, 0.4) is 0 Å². The Hall–Kier alpha value is -1.78. The standard InChI is InChI=1S/C15H17FN2O/c1-11-13(3-2-6-18-11)9-17-8-12-4-5-15(16)14(7-12)10-19/h2-7,17,19H,8-10H2,1H3. The number of aliphatic hydroxyl groups excluding tert-OH is 1. The van der Waals surface area contributed by atoms with Gasteiger partial charge in [-0.05, 0) is 36.2 Å². The van der Waals surface area contributed by atoms with Crippen LogP contribution in [0.5, 0.6) is 0 Å². The summed E-state index contributed by atoms with van der Waals surface area (Å²) in [4.78, 5) is 4.22. The average Bonchev–Trinajstić information content (AvgIpc) is 2.43. The third-order valence-corrected chi connectivity index (χ3v) is 3.04. The number of nitrogens with zero attached hydrogens (tertiary/aromatic N) is 1. The SMILES string of the molecule is Cc1ncccc1CNCc1ccc(F)c(CO)c1. The van der Waals surface area contributed by atoms with Crippen LogP contribution in [0.15, 0.2) is 36.5 Å². The lowest BCUT2D eigenvalue weighted by molar-refractivity contribution is 0.275. The Morgan fingerprint density at radius 1 is 1.21 bits per heavy atom. The normalized spacial score (nSPS) is 10.7. The number of hydrogen-bond donors (Lipinski definition) is 2. The summed E-state index contributed by atoms with van der Waals surface area (Å²) in [7, 11) is 0. The second kappa shape index (κ2) is 6.41. The van der Waals surface area contributed by atoms with E-state index in [1.54, 1.807) is 18.3 Å². The molecule has 0 saturated heterocycles. The third-order valence-electron chi connectivity index (χ3n) is 3.04. The van der Waals surface area contributed by atoms with Gasteiger partial charge < -0.3 is 10.4 Å². The zero-order valence-electron chi connectivity index (χ0n) is 10.9. The molecule has 0 spiro atoms. The second-order valence-electron chi connectivity index (χ2n) is 4.44. The molecule has 0 bridgehead atoms. The van der Waals surface area contributed by atoms with Crippen molar-refractivity contribution < 1.29 is 9.50 Å². The van der Waals surface area contributed by atoms with Gasteiger partial charge in [-0.15, -0.1) is 0 Å². The first-order valence-corrected chi connectivity index (χ1v) is 6.20. The first kappa shape index (κ1) is 13.6. The van der Waals surface area contributed by atoms with Crippen LogP contribution in [0.2, 0.25) is 0 Å². The van der Waals surface area contributed by atoms with Crippen LogP contribution in [0.1, 0.15) is 22.4 Å². The van der Waals surface area contributed by atoms with Crippen molar-refractivity contribution in [3.05, 3.63) is 64.7 Å². The highest BCUT2D eigenvalue weighted by Crippen LogP contribution is 2.11. The quantitative estimate of drug-likeness (QED) is 0.867. The zero-order valence-corrected chi connectivity index (χ0v) is 10.9. The highest BCUT2D eigenvalue weighted by atomic mass is 19.1. The molecule has 1 aromatic carbocycles. The zero-order chi connectivity index (χ0) is 13.7. The molecule has 3 nitrogen and oxygen atoms in total. The van der Waals surface area contributed by atoms with Gasteiger partial charge >= 0.3 is 0 Å². The van der Waals surface area contributed by atoms with Crippen molar-refractivity contribution in [3.8, 4) is 0 Å². The lowest BCUT2D eigenvalue weighted by Crippen LogP contribution is -2.14. The summed E-state index contributed by atoms with van der Waals surface area (Å²) < 4.78 is 13.2. The molecule has 0 aliphatic rings. The van der Waals surface area contributed by atoms with E-state index in [1.165, 1.54) is 6.07 Å². The van der Waals surface area contributed by atoms with Crippen LogP contribution in [0.25, 0.3) is 0 Å². The van der Waals surface area contributed by atoms with Gasteiger partial charge in [0.25, 0.3) is 0 Å². The van der Waals surface area contributed by atoms with Gasteiger partial charge in [0.1, 0.15) is 5.82 Å². The highest BCUT2D eigenvalue weighted by molar-refractivity contribution is 5.25. The van der Waals surface area contributed by atoms with Gasteiger partial charge in [0.15, 0.2) is 0 Å². The van der Waals surface area contributed by atoms with Gasteiger partial charge in [-0.2, -0.15) is 0 Å². The van der Waals surface area contributed by atoms with Gasteiger partial charge in [0.05, 0.1) is 6.61 Å². The predicted octanol–water partition coefficient (Wildman–Crippen LogP) is 2.31. The van der Waals surface area contributed by atoms with E-state index in [4.69, 9.17) is 5.11 Å². The number of nitrogens with one attached hydrogen (secondary N) is 1. The molecule has 0 unspecified atom stereocenters. The Kier molecular flexibility index (Phi) is 4.60. The van der Waals surface area contributed by atoms with Crippen molar-refractivity contribution in [2.75, 3.05) is 0 Å². The third kappa shape index (κ3) is 3.59. The van der Waals surface area contributed by atoms with E-state index in [9.17, 15) is 4.39 Å². The van der Waals surface area contributed by atoms with E-state index in [2.05, 4.69) is 10.3 Å². The fraction of sp³-hybridized carbons (Fsp3) is 0.267. The number of halogens is 1. The van der Waals surface area contributed by atoms with Gasteiger partial charge in [-0.25, -0.2) is 4.39 Å². The topological polar surface area (TPSA) is 45.2 Å². The predicted molar refractivity (Wildman–Crippen MR) is 71.8 cm³/mol. The number of benzene rings is 1. The molecule has 0 radical (unpaired) electrons. The van der Waals surface area contributed by atoms with E-state index >= 15 is 0 Å². The van der Waals surface area contributed by atoms with Crippen LogP contribution in [-0.2, 0) is 19.7 Å². The minimum Gasteiger partial charge on any atom is -0.392 e. The molecule has 2 aromatic rings. The molecule has 1 aromatic heterocycles. The Morgan fingerprint density at radius 2 is 2.05 bits per heavy atom. The van der Waals surface area contributed by atoms with Crippen LogP contribution in [-0.4, -0.2) is 10.1 Å². The first-order chi connectivity index (χ1) is 9.20. The second-order valence-corrected chi connectivity index (χ2v) is 4.44. The number of aliphatic hydroxyl groups is 1. The largest absolute Gasteiger partial charge is 0.392 e. The van der Waals surface area contributed by atoms with Crippen LogP contribution in [0.4, 0.5) is 4.39 Å². The summed E-state index contributed by atoms with van der Waals surface area (Å²) in [6.45, 7) is 3.04. The molecule has 100 valence electrons. The maximum Gasteiger partial charge on any atom is 0.128 e. The average molecular weight is 260 g/mol. The molecule has 2 rings (SSSR count). The number of rotatable bonds is 5. The Balaban J connectivity index is 1.94. The van der Waals surface area contributed by atoms with Crippen molar-refractivity contribution in [1.29, 1.82) is 0 Å². The minimum absolute atomic E-state index is 0.276. The lowest BCUT2D eigenvalue weighted by atomic mass is 10.1. The van der Waals surface area contributed by atoms with Gasteiger partial charge in [-0.1, -0.05) is 12.1 Å². The molecular formula is C15H17FN2O. The molecule has 0 amide bonds. The summed E-state index contributed by atoms with van der Waals surface area (Å²) >= 11 is 0. The summed E-state index contributed by atoms with van der Waals surface area (Å²) in [5.41, 5.74) is 3.43. The van der Waals surface area contributed by atoms with Crippen LogP contribution in [0, 0.1) is 12.7 Å². The number of hydrogen-bond acceptors (Lipinski definition) is 3. The van der Waals surface area contributed by atoms with E-state index in [0.717, 1.165) is 16.8 Å². The van der Waals surface area contributed by atoms with Gasteiger partial charge in [0, 0.05) is 30.5 Å². The fourth-order valence-electron chi connectivity index (χ4n) is 1.91. The first-order valence-electron chi connectivity index (χ1n) is 6.20. The van der Waals surface area contributed by atoms with Crippen molar-refractivity contribution in [2.24, 2.45) is 0 Å². The van der Waals surface area contributed by atoms with Crippen LogP contribution < -0.4 is 5.32 Å². The number of pyridine rings is 1. The summed E-state index contributed by atoms with van der Waals surface area (Å²) in [6.07, 6.45) is 1.77. The van der Waals surface area contributed by atoms with Crippen molar-refractivity contribution in [1.82, 2.24) is 10.3 Å². The van der Waals surface area contributed by atoms with Crippen molar-refractivity contribution in [3.63, 3.8) is 0 Å². The van der Waals surface area contributed by atoms with E-state index in [1.807, 2.05) is 19.1 Å². The molecule has 0 fully saturated rings. The summed E-state index contributed by atoms with van der Waals surface area (Å²) in [5, 5.41) is 12.3. The fourth-order valence-corrected chi connectivity index (χ4v) is 1.91. The Labute approximate surface area is 112 Å². The lowest BCUT2D eigenvalue weighted by Gasteiger charge is -2.08. The van der Waals surface area contributed by atoms with Crippen LogP contribution >= 0.6 is 0 Å². The van der Waals surface area contributed by atoms with E-state index < -0.39 is 0 Å². The maximum atomic E-state index is 13.2. The van der Waals surface area contributed by atoms with E-state index in [-0.39, 0.29) is 12.4 Å². The molecule has 0 aliphatic heterocycles. The summed E-state index contributed by atoms with van der Waals surface area (Å²) in [5.74, 6) is -0.366. The van der Waals surface area contributed by atoms with Crippen molar-refractivity contribution in [2.45, 2.75) is 26.6 Å². The van der Waals surface area contributed by atoms with E-state index in [0.29, 0.717) is 18.7 Å². The van der Waals surface area contributed by atoms with Crippen molar-refractivity contribution >= 4 is 0 Å². The molecular weight excluding hydrogens is 243 g/mol. The molecule has 0 saturated carbocycles. The van der Waals surface area contributed by atoms with Gasteiger partial charge in [0.2, 0.25) is 0 Å². The smallest absolute Gasteiger partial charge is 0.128 e.